The maximum absolute atomic E-state index is 12.4. The zero-order chi connectivity index (χ0) is 22.2. The first-order chi connectivity index (χ1) is 15.0. The van der Waals surface area contributed by atoms with Gasteiger partial charge < -0.3 is 19.5 Å². The Balaban J connectivity index is 1.64. The van der Waals surface area contributed by atoms with Crippen LogP contribution in [0.1, 0.15) is 29.9 Å². The highest BCUT2D eigenvalue weighted by Gasteiger charge is 2.30. The van der Waals surface area contributed by atoms with E-state index in [9.17, 15) is 14.4 Å². The molecule has 1 N–H and O–H groups in total. The molecule has 0 saturated heterocycles. The molecular formula is C24H23NO6. The van der Waals surface area contributed by atoms with E-state index in [-0.39, 0.29) is 25.4 Å². The smallest absolute Gasteiger partial charge is 0.407 e. The highest BCUT2D eigenvalue weighted by atomic mass is 16.6. The third-order valence-electron chi connectivity index (χ3n) is 4.97. The fourth-order valence-electron chi connectivity index (χ4n) is 3.61. The normalized spacial score (nSPS) is 12.6. The van der Waals surface area contributed by atoms with E-state index in [1.807, 2.05) is 48.5 Å². The summed E-state index contributed by atoms with van der Waals surface area (Å²) >= 11 is 0. The molecular weight excluding hydrogens is 398 g/mol. The first kappa shape index (κ1) is 21.8. The molecule has 1 aliphatic carbocycles. The number of amides is 1. The molecule has 0 unspecified atom stereocenters. The lowest BCUT2D eigenvalue weighted by Gasteiger charge is -2.18. The summed E-state index contributed by atoms with van der Waals surface area (Å²) in [5, 5.41) is 2.45. The van der Waals surface area contributed by atoms with Crippen LogP contribution in [0.5, 0.6) is 0 Å². The van der Waals surface area contributed by atoms with Crippen LogP contribution in [0.2, 0.25) is 0 Å². The molecule has 7 nitrogen and oxygen atoms in total. The molecule has 1 amide bonds. The van der Waals surface area contributed by atoms with Crippen molar-refractivity contribution in [3.8, 4) is 11.1 Å². The number of carbonyl (C=O) groups excluding carboxylic acids is 3. The number of rotatable bonds is 9. The predicted octanol–water partition coefficient (Wildman–Crippen LogP) is 4.05. The second kappa shape index (κ2) is 10.2. The summed E-state index contributed by atoms with van der Waals surface area (Å²) in [6, 6.07) is 14.8. The molecule has 0 saturated carbocycles. The van der Waals surface area contributed by atoms with Crippen LogP contribution in [0.15, 0.2) is 74.2 Å². The number of hydrogen-bond acceptors (Lipinski definition) is 6. The van der Waals surface area contributed by atoms with Crippen molar-refractivity contribution >= 4 is 18.0 Å². The van der Waals surface area contributed by atoms with Crippen molar-refractivity contribution in [3.05, 3.63) is 85.3 Å². The Morgan fingerprint density at radius 3 is 2.10 bits per heavy atom. The van der Waals surface area contributed by atoms with Gasteiger partial charge in [0.15, 0.2) is 0 Å². The molecule has 2 aromatic carbocycles. The molecule has 0 aromatic heterocycles. The molecule has 1 atom stereocenters. The SMILES string of the molecule is C=COC(=O)CC[C@H](NC(=O)OCC1c2ccccc2-c2ccccc21)C(=O)OC=C. The monoisotopic (exact) mass is 421 g/mol. The van der Waals surface area contributed by atoms with Crippen LogP contribution in [0, 0.1) is 0 Å². The van der Waals surface area contributed by atoms with Gasteiger partial charge in [0, 0.05) is 12.3 Å². The van der Waals surface area contributed by atoms with E-state index in [4.69, 9.17) is 9.47 Å². The van der Waals surface area contributed by atoms with Gasteiger partial charge in [0.25, 0.3) is 0 Å². The van der Waals surface area contributed by atoms with Gasteiger partial charge in [-0.2, -0.15) is 0 Å². The number of hydrogen-bond donors (Lipinski definition) is 1. The van der Waals surface area contributed by atoms with Gasteiger partial charge in [0.1, 0.15) is 12.6 Å². The maximum Gasteiger partial charge on any atom is 0.407 e. The summed E-state index contributed by atoms with van der Waals surface area (Å²) in [6.45, 7) is 6.72. The number of nitrogens with one attached hydrogen (secondary N) is 1. The van der Waals surface area contributed by atoms with Crippen LogP contribution >= 0.6 is 0 Å². The first-order valence-corrected chi connectivity index (χ1v) is 9.78. The van der Waals surface area contributed by atoms with Crippen molar-refractivity contribution in [2.24, 2.45) is 0 Å². The number of benzene rings is 2. The second-order valence-electron chi connectivity index (χ2n) is 6.82. The standard InChI is InChI=1S/C24H23NO6/c1-3-29-22(26)14-13-21(23(27)30-4-2)25-24(28)31-15-20-18-11-7-5-9-16(18)17-10-6-8-12-19(17)20/h3-12,20-21H,1-2,13-15H2,(H,25,28)/t21-/m0/s1. The van der Waals surface area contributed by atoms with Crippen molar-refractivity contribution in [1.29, 1.82) is 0 Å². The Bertz CT molecular complexity index is 954. The predicted molar refractivity (Wildman–Crippen MR) is 114 cm³/mol. The van der Waals surface area contributed by atoms with Gasteiger partial charge in [0.2, 0.25) is 0 Å². The van der Waals surface area contributed by atoms with E-state index < -0.39 is 24.1 Å². The zero-order valence-electron chi connectivity index (χ0n) is 16.9. The summed E-state index contributed by atoms with van der Waals surface area (Å²) in [5.41, 5.74) is 4.37. The number of ether oxygens (including phenoxy) is 3. The van der Waals surface area contributed by atoms with Crippen LogP contribution in [-0.2, 0) is 23.8 Å². The largest absolute Gasteiger partial charge is 0.449 e. The van der Waals surface area contributed by atoms with Crippen molar-refractivity contribution in [2.75, 3.05) is 6.61 Å². The Hall–Kier alpha value is -3.87. The van der Waals surface area contributed by atoms with E-state index in [1.54, 1.807) is 0 Å². The van der Waals surface area contributed by atoms with Crippen molar-refractivity contribution < 1.29 is 28.6 Å². The van der Waals surface area contributed by atoms with E-state index in [2.05, 4.69) is 23.2 Å². The van der Waals surface area contributed by atoms with Gasteiger partial charge in [-0.05, 0) is 28.7 Å². The molecule has 0 radical (unpaired) electrons. The molecule has 0 heterocycles. The minimum atomic E-state index is -1.09. The quantitative estimate of drug-likeness (QED) is 0.373. The molecule has 0 spiro atoms. The third kappa shape index (κ3) is 5.19. The lowest BCUT2D eigenvalue weighted by Crippen LogP contribution is -2.42. The number of esters is 2. The summed E-state index contributed by atoms with van der Waals surface area (Å²) in [6.07, 6.45) is 1.02. The molecule has 0 bridgehead atoms. The molecule has 1 aliphatic rings. The van der Waals surface area contributed by atoms with E-state index in [0.717, 1.165) is 34.8 Å². The topological polar surface area (TPSA) is 90.9 Å². The Labute approximate surface area is 180 Å². The van der Waals surface area contributed by atoms with E-state index in [0.29, 0.717) is 0 Å². The molecule has 0 fully saturated rings. The van der Waals surface area contributed by atoms with Crippen LogP contribution in [0.3, 0.4) is 0 Å². The minimum Gasteiger partial charge on any atom is -0.449 e. The van der Waals surface area contributed by atoms with Gasteiger partial charge >= 0.3 is 18.0 Å². The number of alkyl carbamates (subject to hydrolysis) is 1. The number of fused-ring (bicyclic) bond motifs is 3. The molecule has 7 heteroatoms. The molecule has 2 aromatic rings. The summed E-state index contributed by atoms with van der Waals surface area (Å²) in [4.78, 5) is 36.1. The minimum absolute atomic E-state index is 0.0243. The highest BCUT2D eigenvalue weighted by molar-refractivity contribution is 5.83. The molecule has 31 heavy (non-hydrogen) atoms. The van der Waals surface area contributed by atoms with Gasteiger partial charge in [-0.15, -0.1) is 0 Å². The van der Waals surface area contributed by atoms with E-state index in [1.165, 1.54) is 0 Å². The second-order valence-corrected chi connectivity index (χ2v) is 6.82. The summed E-state index contributed by atoms with van der Waals surface area (Å²) < 4.78 is 14.8. The highest BCUT2D eigenvalue weighted by Crippen LogP contribution is 2.44. The van der Waals surface area contributed by atoms with Crippen LogP contribution in [0.4, 0.5) is 4.79 Å². The van der Waals surface area contributed by atoms with Gasteiger partial charge in [0.05, 0.1) is 12.5 Å². The van der Waals surface area contributed by atoms with Gasteiger partial charge in [-0.3, -0.25) is 4.79 Å². The molecule has 160 valence electrons. The zero-order valence-corrected chi connectivity index (χ0v) is 16.9. The van der Waals surface area contributed by atoms with Crippen molar-refractivity contribution in [2.45, 2.75) is 24.8 Å². The number of carbonyl (C=O) groups is 3. The Kier molecular flexibility index (Phi) is 7.22. The van der Waals surface area contributed by atoms with Crippen LogP contribution < -0.4 is 5.32 Å². The van der Waals surface area contributed by atoms with Gasteiger partial charge in [-0.25, -0.2) is 9.59 Å². The fourth-order valence-corrected chi connectivity index (χ4v) is 3.61. The first-order valence-electron chi connectivity index (χ1n) is 9.78. The summed E-state index contributed by atoms with van der Waals surface area (Å²) in [5.74, 6) is -1.45. The third-order valence-corrected chi connectivity index (χ3v) is 4.97. The van der Waals surface area contributed by atoms with Crippen LogP contribution in [0.25, 0.3) is 11.1 Å². The van der Waals surface area contributed by atoms with Crippen molar-refractivity contribution in [3.63, 3.8) is 0 Å². The van der Waals surface area contributed by atoms with E-state index >= 15 is 0 Å². The molecule has 3 rings (SSSR count). The fraction of sp³-hybridized carbons (Fsp3) is 0.208. The Morgan fingerprint density at radius 2 is 1.52 bits per heavy atom. The average molecular weight is 421 g/mol. The lowest BCUT2D eigenvalue weighted by molar-refractivity contribution is -0.141. The lowest BCUT2D eigenvalue weighted by atomic mass is 9.98. The molecule has 0 aliphatic heterocycles. The maximum atomic E-state index is 12.4. The van der Waals surface area contributed by atoms with Crippen molar-refractivity contribution in [1.82, 2.24) is 5.32 Å². The Morgan fingerprint density at radius 1 is 0.935 bits per heavy atom. The van der Waals surface area contributed by atoms with Crippen LogP contribution in [-0.4, -0.2) is 30.7 Å². The average Bonchev–Trinajstić information content (AvgIpc) is 3.09. The summed E-state index contributed by atoms with van der Waals surface area (Å²) in [7, 11) is 0. The van der Waals surface area contributed by atoms with Gasteiger partial charge in [-0.1, -0.05) is 61.7 Å².